The predicted molar refractivity (Wildman–Crippen MR) is 98.8 cm³/mol. The fourth-order valence-electron chi connectivity index (χ4n) is 2.58. The Hall–Kier alpha value is -3.48. The smallest absolute Gasteiger partial charge is 0.253 e. The number of anilines is 1. The van der Waals surface area contributed by atoms with Crippen LogP contribution >= 0.6 is 0 Å². The first-order valence-corrected chi connectivity index (χ1v) is 8.31. The molecule has 2 N–H and O–H groups in total. The van der Waals surface area contributed by atoms with Gasteiger partial charge in [0.1, 0.15) is 11.6 Å². The second-order valence-electron chi connectivity index (χ2n) is 5.88. The molecule has 1 aromatic heterocycles. The Balaban J connectivity index is 1.76. The van der Waals surface area contributed by atoms with Crippen LogP contribution in [0.2, 0.25) is 0 Å². The van der Waals surface area contributed by atoms with Crippen LogP contribution in [-0.4, -0.2) is 23.8 Å². The van der Waals surface area contributed by atoms with E-state index in [-0.39, 0.29) is 24.1 Å². The van der Waals surface area contributed by atoms with Crippen LogP contribution in [0.4, 0.5) is 10.1 Å². The Morgan fingerprint density at radius 2 is 1.81 bits per heavy atom. The monoisotopic (exact) mass is 367 g/mol. The first kappa shape index (κ1) is 18.3. The topological polar surface area (TPSA) is 84.2 Å². The van der Waals surface area contributed by atoms with Crippen molar-refractivity contribution in [3.05, 3.63) is 71.4 Å². The molecule has 0 aliphatic heterocycles. The molecular weight excluding hydrogens is 349 g/mol. The zero-order chi connectivity index (χ0) is 19.4. The average molecular weight is 367 g/mol. The van der Waals surface area contributed by atoms with Crippen molar-refractivity contribution >= 4 is 17.5 Å². The van der Waals surface area contributed by atoms with E-state index in [2.05, 4.69) is 15.6 Å². The number of hydrogen-bond acceptors (Lipinski definition) is 4. The van der Waals surface area contributed by atoms with Crippen LogP contribution in [0.5, 0.6) is 0 Å². The summed E-state index contributed by atoms with van der Waals surface area (Å²) >= 11 is 0. The fraction of sp³-hybridized carbons (Fsp3) is 0.150. The molecule has 1 heterocycles. The van der Waals surface area contributed by atoms with E-state index in [0.717, 1.165) is 0 Å². The molecule has 27 heavy (non-hydrogen) atoms. The third-order valence-corrected chi connectivity index (χ3v) is 3.98. The minimum Gasteiger partial charge on any atom is -0.441 e. The number of para-hydroxylation sites is 1. The van der Waals surface area contributed by atoms with Gasteiger partial charge < -0.3 is 15.1 Å². The van der Waals surface area contributed by atoms with Crippen molar-refractivity contribution in [2.24, 2.45) is 0 Å². The molecule has 7 heteroatoms. The minimum absolute atomic E-state index is 0.0153. The Labute approximate surface area is 155 Å². The van der Waals surface area contributed by atoms with Gasteiger partial charge in [0.15, 0.2) is 0 Å². The van der Waals surface area contributed by atoms with E-state index in [4.69, 9.17) is 4.42 Å². The SMILES string of the molecule is CNC(=O)c1ccccc1NC(=O)Cc1nc(-c2ccc(F)cc2)oc1C. The standard InChI is InChI=1S/C20H18FN3O3/c1-12-17(24-20(27-12)13-7-9-14(21)10-8-13)11-18(25)23-16-6-4-3-5-15(16)19(26)22-2/h3-10H,11H2,1-2H3,(H,22,26)(H,23,25). The van der Waals surface area contributed by atoms with Crippen molar-refractivity contribution in [3.8, 4) is 11.5 Å². The van der Waals surface area contributed by atoms with Gasteiger partial charge in [-0.3, -0.25) is 9.59 Å². The normalized spacial score (nSPS) is 10.5. The number of rotatable bonds is 5. The van der Waals surface area contributed by atoms with Crippen LogP contribution in [-0.2, 0) is 11.2 Å². The van der Waals surface area contributed by atoms with Crippen LogP contribution in [0.15, 0.2) is 52.9 Å². The number of hydrogen-bond donors (Lipinski definition) is 2. The second kappa shape index (κ2) is 7.82. The highest BCUT2D eigenvalue weighted by molar-refractivity contribution is 6.03. The van der Waals surface area contributed by atoms with Crippen molar-refractivity contribution in [2.75, 3.05) is 12.4 Å². The molecule has 0 fully saturated rings. The van der Waals surface area contributed by atoms with Crippen LogP contribution in [0.1, 0.15) is 21.8 Å². The van der Waals surface area contributed by atoms with Crippen molar-refractivity contribution in [3.63, 3.8) is 0 Å². The molecule has 0 saturated heterocycles. The van der Waals surface area contributed by atoms with Gasteiger partial charge in [-0.2, -0.15) is 0 Å². The summed E-state index contributed by atoms with van der Waals surface area (Å²) in [5.41, 5.74) is 1.89. The van der Waals surface area contributed by atoms with Gasteiger partial charge in [-0.1, -0.05) is 12.1 Å². The first-order chi connectivity index (χ1) is 13.0. The lowest BCUT2D eigenvalue weighted by atomic mass is 10.1. The summed E-state index contributed by atoms with van der Waals surface area (Å²) in [6.45, 7) is 1.71. The summed E-state index contributed by atoms with van der Waals surface area (Å²) in [7, 11) is 1.52. The largest absolute Gasteiger partial charge is 0.441 e. The summed E-state index contributed by atoms with van der Waals surface area (Å²) in [6, 6.07) is 12.5. The highest BCUT2D eigenvalue weighted by Gasteiger charge is 2.17. The van der Waals surface area contributed by atoms with E-state index < -0.39 is 0 Å². The molecule has 6 nitrogen and oxygen atoms in total. The maximum Gasteiger partial charge on any atom is 0.253 e. The van der Waals surface area contributed by atoms with Gasteiger partial charge in [0.25, 0.3) is 5.91 Å². The number of benzene rings is 2. The molecule has 0 bridgehead atoms. The molecule has 0 aliphatic carbocycles. The van der Waals surface area contributed by atoms with Crippen molar-refractivity contribution < 1.29 is 18.4 Å². The number of amides is 2. The summed E-state index contributed by atoms with van der Waals surface area (Å²) < 4.78 is 18.6. The number of oxazole rings is 1. The Morgan fingerprint density at radius 1 is 1.11 bits per heavy atom. The maximum atomic E-state index is 13.0. The maximum absolute atomic E-state index is 13.0. The van der Waals surface area contributed by atoms with Gasteiger partial charge >= 0.3 is 0 Å². The molecule has 138 valence electrons. The number of aromatic nitrogens is 1. The summed E-state index contributed by atoms with van der Waals surface area (Å²) in [5, 5.41) is 5.26. The van der Waals surface area contributed by atoms with Crippen molar-refractivity contribution in [1.82, 2.24) is 10.3 Å². The van der Waals surface area contributed by atoms with E-state index in [1.807, 2.05) is 0 Å². The lowest BCUT2D eigenvalue weighted by Gasteiger charge is -2.09. The molecule has 0 radical (unpaired) electrons. The van der Waals surface area contributed by atoms with Gasteiger partial charge in [0.05, 0.1) is 23.4 Å². The fourth-order valence-corrected chi connectivity index (χ4v) is 2.58. The van der Waals surface area contributed by atoms with E-state index in [0.29, 0.717) is 34.2 Å². The van der Waals surface area contributed by atoms with Crippen molar-refractivity contribution in [1.29, 1.82) is 0 Å². The van der Waals surface area contributed by atoms with E-state index in [9.17, 15) is 14.0 Å². The van der Waals surface area contributed by atoms with Gasteiger partial charge in [0.2, 0.25) is 11.8 Å². The number of nitrogens with one attached hydrogen (secondary N) is 2. The van der Waals surface area contributed by atoms with Gasteiger partial charge in [-0.05, 0) is 43.3 Å². The third kappa shape index (κ3) is 4.20. The molecule has 0 spiro atoms. The lowest BCUT2D eigenvalue weighted by Crippen LogP contribution is -2.22. The summed E-state index contributed by atoms with van der Waals surface area (Å²) in [6.07, 6.45) is -0.0153. The van der Waals surface area contributed by atoms with Crippen molar-refractivity contribution in [2.45, 2.75) is 13.3 Å². The van der Waals surface area contributed by atoms with Gasteiger partial charge in [-0.15, -0.1) is 0 Å². The molecular formula is C20H18FN3O3. The number of carbonyl (C=O) groups is 2. The predicted octanol–water partition coefficient (Wildman–Crippen LogP) is 3.33. The number of carbonyl (C=O) groups excluding carboxylic acids is 2. The third-order valence-electron chi connectivity index (χ3n) is 3.98. The number of halogens is 1. The molecule has 0 unspecified atom stereocenters. The van der Waals surface area contributed by atoms with E-state index in [1.54, 1.807) is 43.3 Å². The quantitative estimate of drug-likeness (QED) is 0.724. The lowest BCUT2D eigenvalue weighted by molar-refractivity contribution is -0.115. The zero-order valence-electron chi connectivity index (χ0n) is 14.9. The van der Waals surface area contributed by atoms with Crippen LogP contribution < -0.4 is 10.6 Å². The summed E-state index contributed by atoms with van der Waals surface area (Å²) in [5.74, 6) is -0.142. The van der Waals surface area contributed by atoms with E-state index in [1.165, 1.54) is 19.2 Å². The minimum atomic E-state index is -0.351. The second-order valence-corrected chi connectivity index (χ2v) is 5.88. The zero-order valence-corrected chi connectivity index (χ0v) is 14.9. The molecule has 0 aliphatic rings. The Morgan fingerprint density at radius 3 is 2.52 bits per heavy atom. The van der Waals surface area contributed by atoms with Gasteiger partial charge in [0, 0.05) is 12.6 Å². The van der Waals surface area contributed by atoms with Crippen LogP contribution in [0, 0.1) is 12.7 Å². The molecule has 2 aromatic carbocycles. The first-order valence-electron chi connectivity index (χ1n) is 8.31. The number of nitrogens with zero attached hydrogens (tertiary/aromatic N) is 1. The van der Waals surface area contributed by atoms with Crippen LogP contribution in [0.25, 0.3) is 11.5 Å². The molecule has 3 aromatic rings. The van der Waals surface area contributed by atoms with Crippen LogP contribution in [0.3, 0.4) is 0 Å². The average Bonchev–Trinajstić information content (AvgIpc) is 3.02. The highest BCUT2D eigenvalue weighted by Crippen LogP contribution is 2.23. The Bertz CT molecular complexity index is 980. The van der Waals surface area contributed by atoms with E-state index >= 15 is 0 Å². The highest BCUT2D eigenvalue weighted by atomic mass is 19.1. The molecule has 2 amide bonds. The molecule has 0 saturated carbocycles. The number of aryl methyl sites for hydroxylation is 1. The van der Waals surface area contributed by atoms with Gasteiger partial charge in [-0.25, -0.2) is 9.37 Å². The Kier molecular flexibility index (Phi) is 5.30. The molecule has 3 rings (SSSR count). The summed E-state index contributed by atoms with van der Waals surface area (Å²) in [4.78, 5) is 28.6. The molecule has 0 atom stereocenters.